The van der Waals surface area contributed by atoms with Crippen molar-refractivity contribution in [2.45, 2.75) is 13.8 Å². The summed E-state index contributed by atoms with van der Waals surface area (Å²) in [7, 11) is 0. The van der Waals surface area contributed by atoms with E-state index in [0.29, 0.717) is 0 Å². The molecule has 2 atom stereocenters. The molecule has 5 nitrogen and oxygen atoms in total. The number of hydrogen-bond acceptors (Lipinski definition) is 7. The molecule has 7 heteroatoms. The fourth-order valence-corrected chi connectivity index (χ4v) is 2.93. The van der Waals surface area contributed by atoms with Crippen LogP contribution in [0.3, 0.4) is 0 Å². The number of hydrogen-bond donors (Lipinski definition) is 0. The van der Waals surface area contributed by atoms with Crippen molar-refractivity contribution in [3.8, 4) is 0 Å². The van der Waals surface area contributed by atoms with E-state index in [1.165, 1.54) is 13.8 Å². The van der Waals surface area contributed by atoms with Crippen LogP contribution < -0.4 is 0 Å². The normalized spacial score (nSPS) is 23.6. The lowest BCUT2D eigenvalue weighted by molar-refractivity contribution is -0.153. The number of thioether (sulfide) groups is 2. The van der Waals surface area contributed by atoms with Crippen LogP contribution in [0.25, 0.3) is 0 Å². The highest BCUT2D eigenvalue weighted by molar-refractivity contribution is 8.13. The van der Waals surface area contributed by atoms with Gasteiger partial charge < -0.3 is 4.74 Å². The fourth-order valence-electron chi connectivity index (χ4n) is 1.36. The molecule has 1 rings (SSSR count). The van der Waals surface area contributed by atoms with E-state index in [4.69, 9.17) is 0 Å². The Bertz CT molecular complexity index is 332. The highest BCUT2D eigenvalue weighted by Crippen LogP contribution is 2.30. The molecule has 2 unspecified atom stereocenters. The lowest BCUT2D eigenvalue weighted by Crippen LogP contribution is -2.23. The van der Waals surface area contributed by atoms with Gasteiger partial charge in [0.15, 0.2) is 10.2 Å². The Balaban J connectivity index is 2.62. The molecular weight excluding hydrogens is 264 g/mol. The van der Waals surface area contributed by atoms with Gasteiger partial charge in [-0.05, 0) is 0 Å². The van der Waals surface area contributed by atoms with Crippen molar-refractivity contribution in [1.29, 1.82) is 0 Å². The quantitative estimate of drug-likeness (QED) is 0.556. The van der Waals surface area contributed by atoms with E-state index in [-0.39, 0.29) is 21.7 Å². The molecule has 0 aromatic rings. The summed E-state index contributed by atoms with van der Waals surface area (Å²) in [5.41, 5.74) is 0. The molecule has 0 aliphatic carbocycles. The molecule has 0 N–H and O–H groups in total. The SMILES string of the molecule is CC(=O)SCC1C(=O)OC(=O)C1CSC(C)=O. The summed E-state index contributed by atoms with van der Waals surface area (Å²) in [6.07, 6.45) is 0. The summed E-state index contributed by atoms with van der Waals surface area (Å²) in [6.45, 7) is 2.79. The number of ether oxygens (including phenoxy) is 1. The van der Waals surface area contributed by atoms with Crippen LogP contribution in [0.1, 0.15) is 13.8 Å². The summed E-state index contributed by atoms with van der Waals surface area (Å²) >= 11 is 1.97. The third kappa shape index (κ3) is 4.16. The van der Waals surface area contributed by atoms with Gasteiger partial charge in [-0.2, -0.15) is 0 Å². The fraction of sp³-hybridized carbons (Fsp3) is 0.600. The molecule has 0 amide bonds. The van der Waals surface area contributed by atoms with Crippen LogP contribution >= 0.6 is 23.5 Å². The van der Waals surface area contributed by atoms with E-state index in [0.717, 1.165) is 23.5 Å². The van der Waals surface area contributed by atoms with E-state index in [2.05, 4.69) is 4.74 Å². The summed E-state index contributed by atoms with van der Waals surface area (Å²) in [5, 5.41) is -0.231. The number of esters is 2. The third-order valence-electron chi connectivity index (χ3n) is 2.22. The van der Waals surface area contributed by atoms with Crippen LogP contribution in [0.2, 0.25) is 0 Å². The average molecular weight is 276 g/mol. The molecule has 0 spiro atoms. The summed E-state index contributed by atoms with van der Waals surface area (Å²) in [5.74, 6) is -1.99. The van der Waals surface area contributed by atoms with Gasteiger partial charge in [0.1, 0.15) is 0 Å². The maximum absolute atomic E-state index is 11.4. The van der Waals surface area contributed by atoms with E-state index >= 15 is 0 Å². The molecule has 1 heterocycles. The minimum absolute atomic E-state index is 0.116. The molecule has 0 bridgehead atoms. The predicted octanol–water partition coefficient (Wildman–Crippen LogP) is 0.862. The minimum Gasteiger partial charge on any atom is -0.393 e. The van der Waals surface area contributed by atoms with Crippen molar-refractivity contribution in [2.75, 3.05) is 11.5 Å². The molecule has 0 aromatic heterocycles. The van der Waals surface area contributed by atoms with Crippen LogP contribution in [-0.4, -0.2) is 33.7 Å². The molecule has 0 aromatic carbocycles. The zero-order valence-electron chi connectivity index (χ0n) is 9.43. The number of cyclic esters (lactones) is 2. The lowest BCUT2D eigenvalue weighted by Gasteiger charge is -2.10. The second-order valence-electron chi connectivity index (χ2n) is 3.56. The zero-order chi connectivity index (χ0) is 13.0. The van der Waals surface area contributed by atoms with Crippen LogP contribution in [0.4, 0.5) is 0 Å². The zero-order valence-corrected chi connectivity index (χ0v) is 11.1. The number of carbonyl (C=O) groups is 4. The highest BCUT2D eigenvalue weighted by Gasteiger charge is 2.44. The monoisotopic (exact) mass is 276 g/mol. The van der Waals surface area contributed by atoms with Gasteiger partial charge in [-0.1, -0.05) is 23.5 Å². The Morgan fingerprint density at radius 3 is 1.65 bits per heavy atom. The minimum atomic E-state index is -0.622. The maximum atomic E-state index is 11.4. The molecule has 1 saturated heterocycles. The first-order valence-corrected chi connectivity index (χ1v) is 6.91. The van der Waals surface area contributed by atoms with Gasteiger partial charge >= 0.3 is 11.9 Å². The van der Waals surface area contributed by atoms with Crippen LogP contribution in [0.15, 0.2) is 0 Å². The van der Waals surface area contributed by atoms with Crippen molar-refractivity contribution in [3.05, 3.63) is 0 Å². The Labute approximate surface area is 107 Å². The van der Waals surface area contributed by atoms with Crippen molar-refractivity contribution < 1.29 is 23.9 Å². The molecule has 0 saturated carbocycles. The topological polar surface area (TPSA) is 77.5 Å². The van der Waals surface area contributed by atoms with Crippen LogP contribution in [-0.2, 0) is 23.9 Å². The van der Waals surface area contributed by atoms with Crippen molar-refractivity contribution in [2.24, 2.45) is 11.8 Å². The van der Waals surface area contributed by atoms with Crippen LogP contribution in [0.5, 0.6) is 0 Å². The van der Waals surface area contributed by atoms with E-state index in [1.807, 2.05) is 0 Å². The van der Waals surface area contributed by atoms with Gasteiger partial charge in [-0.25, -0.2) is 0 Å². The summed E-state index contributed by atoms with van der Waals surface area (Å²) in [4.78, 5) is 44.4. The maximum Gasteiger partial charge on any atom is 0.318 e. The van der Waals surface area contributed by atoms with E-state index < -0.39 is 23.8 Å². The van der Waals surface area contributed by atoms with E-state index in [1.54, 1.807) is 0 Å². The number of rotatable bonds is 4. The second kappa shape index (κ2) is 6.20. The third-order valence-corrected chi connectivity index (χ3v) is 4.09. The summed E-state index contributed by atoms with van der Waals surface area (Å²) in [6, 6.07) is 0. The Kier molecular flexibility index (Phi) is 5.20. The van der Waals surface area contributed by atoms with Crippen LogP contribution in [0, 0.1) is 11.8 Å². The van der Waals surface area contributed by atoms with Crippen molar-refractivity contribution >= 4 is 45.7 Å². The summed E-state index contributed by atoms with van der Waals surface area (Å²) < 4.78 is 4.52. The van der Waals surface area contributed by atoms with E-state index in [9.17, 15) is 19.2 Å². The number of carbonyl (C=O) groups excluding carboxylic acids is 4. The largest absolute Gasteiger partial charge is 0.393 e. The second-order valence-corrected chi connectivity index (χ2v) is 5.95. The van der Waals surface area contributed by atoms with Crippen molar-refractivity contribution in [1.82, 2.24) is 0 Å². The first-order valence-electron chi connectivity index (χ1n) is 4.94. The van der Waals surface area contributed by atoms with Gasteiger partial charge in [0.2, 0.25) is 0 Å². The molecule has 94 valence electrons. The molecule has 1 aliphatic rings. The molecule has 0 radical (unpaired) electrons. The van der Waals surface area contributed by atoms with Crippen molar-refractivity contribution in [3.63, 3.8) is 0 Å². The Morgan fingerprint density at radius 1 is 1.00 bits per heavy atom. The first kappa shape index (κ1) is 14.2. The highest BCUT2D eigenvalue weighted by atomic mass is 32.2. The standard InChI is InChI=1S/C10H12O5S2/c1-5(11)16-3-7-8(4-17-6(2)12)10(14)15-9(7)13/h7-8H,3-4H2,1-2H3. The molecular formula is C10H12O5S2. The van der Waals surface area contributed by atoms with Gasteiger partial charge in [0.25, 0.3) is 0 Å². The Morgan fingerprint density at radius 2 is 1.35 bits per heavy atom. The molecule has 17 heavy (non-hydrogen) atoms. The van der Waals surface area contributed by atoms with Gasteiger partial charge in [-0.3, -0.25) is 19.2 Å². The van der Waals surface area contributed by atoms with Gasteiger partial charge in [0, 0.05) is 25.4 Å². The average Bonchev–Trinajstić information content (AvgIpc) is 2.47. The Hall–Kier alpha value is -0.820. The first-order chi connectivity index (χ1) is 7.91. The lowest BCUT2D eigenvalue weighted by atomic mass is 9.99. The molecule has 1 fully saturated rings. The van der Waals surface area contributed by atoms with Gasteiger partial charge in [0.05, 0.1) is 11.8 Å². The molecule has 1 aliphatic heterocycles. The smallest absolute Gasteiger partial charge is 0.318 e. The predicted molar refractivity (Wildman–Crippen MR) is 64.4 cm³/mol. The van der Waals surface area contributed by atoms with Gasteiger partial charge in [-0.15, -0.1) is 0 Å².